The number of nitrogens with one attached hydrogen (secondary N) is 1. The average Bonchev–Trinajstić information content (AvgIpc) is 3.29. The van der Waals surface area contributed by atoms with Crippen LogP contribution < -0.4 is 5.32 Å². The van der Waals surface area contributed by atoms with Gasteiger partial charge in [0.15, 0.2) is 5.65 Å². The molecule has 5 rings (SSSR count). The molecule has 0 amide bonds. The summed E-state index contributed by atoms with van der Waals surface area (Å²) in [6, 6.07) is 7.31. The number of phenols is 1. The lowest BCUT2D eigenvalue weighted by molar-refractivity contribution is -0.0293. The second-order valence-electron chi connectivity index (χ2n) is 6.98. The van der Waals surface area contributed by atoms with E-state index in [4.69, 9.17) is 4.74 Å². The molecule has 4 aromatic rings. The quantitative estimate of drug-likeness (QED) is 0.535. The number of anilines is 1. The van der Waals surface area contributed by atoms with Crippen molar-refractivity contribution in [3.05, 3.63) is 54.1 Å². The third-order valence-electron chi connectivity index (χ3n) is 4.95. The maximum Gasteiger partial charge on any atom is 0.154 e. The van der Waals surface area contributed by atoms with Crippen LogP contribution in [0.25, 0.3) is 17.0 Å². The number of halogens is 1. The Morgan fingerprint density at radius 1 is 1.28 bits per heavy atom. The van der Waals surface area contributed by atoms with Crippen LogP contribution in [0.5, 0.6) is 5.75 Å². The van der Waals surface area contributed by atoms with E-state index in [1.165, 1.54) is 18.2 Å². The topological polar surface area (TPSA) is 102 Å². The number of benzene rings is 1. The highest BCUT2D eigenvalue weighted by molar-refractivity contribution is 5.59. The van der Waals surface area contributed by atoms with Crippen molar-refractivity contribution in [1.29, 1.82) is 0 Å². The van der Waals surface area contributed by atoms with Gasteiger partial charge in [0, 0.05) is 5.56 Å². The number of hydrogen-bond acceptors (Lipinski definition) is 7. The van der Waals surface area contributed by atoms with Gasteiger partial charge < -0.3 is 15.2 Å². The van der Waals surface area contributed by atoms with E-state index >= 15 is 0 Å². The maximum atomic E-state index is 13.6. The van der Waals surface area contributed by atoms with E-state index in [1.807, 2.05) is 19.2 Å². The average molecular weight is 395 g/mol. The predicted molar refractivity (Wildman–Crippen MR) is 102 cm³/mol. The fourth-order valence-corrected chi connectivity index (χ4v) is 3.25. The summed E-state index contributed by atoms with van der Waals surface area (Å²) in [5.74, 6) is 0.159. The molecule has 1 aromatic carbocycles. The van der Waals surface area contributed by atoms with Gasteiger partial charge in [-0.05, 0) is 37.3 Å². The van der Waals surface area contributed by atoms with E-state index < -0.39 is 5.82 Å². The molecule has 148 valence electrons. The number of aromatic nitrogens is 6. The molecule has 1 atom stereocenters. The van der Waals surface area contributed by atoms with Crippen molar-refractivity contribution >= 4 is 11.5 Å². The molecular weight excluding hydrogens is 377 g/mol. The fraction of sp³-hybridized carbons (Fsp3) is 0.263. The molecule has 10 heteroatoms. The third-order valence-corrected chi connectivity index (χ3v) is 4.95. The third kappa shape index (κ3) is 3.17. The number of fused-ring (bicyclic) bond motifs is 1. The van der Waals surface area contributed by atoms with Crippen molar-refractivity contribution in [3.8, 4) is 17.1 Å². The molecule has 2 N–H and O–H groups in total. The summed E-state index contributed by atoms with van der Waals surface area (Å²) in [6.45, 7) is 3.08. The second kappa shape index (κ2) is 6.82. The monoisotopic (exact) mass is 395 g/mol. The first kappa shape index (κ1) is 17.6. The van der Waals surface area contributed by atoms with Crippen molar-refractivity contribution in [2.45, 2.75) is 19.0 Å². The predicted octanol–water partition coefficient (Wildman–Crippen LogP) is 2.58. The van der Waals surface area contributed by atoms with E-state index in [9.17, 15) is 9.50 Å². The Morgan fingerprint density at radius 2 is 2.14 bits per heavy atom. The van der Waals surface area contributed by atoms with E-state index in [-0.39, 0.29) is 17.8 Å². The molecule has 0 saturated carbocycles. The van der Waals surface area contributed by atoms with Gasteiger partial charge in [-0.2, -0.15) is 0 Å². The standard InChI is InChI=1S/C19H18FN7O2/c1-11(14-6-12(20)2-3-17(14)28)22-18-4-5-19-21-7-16(27(19)24-18)15-8-26(25-23-15)13-9-29-10-13/h2-8,11,13,28H,9-10H2,1H3,(H,22,24)/t11-/m1/s1. The number of imidazole rings is 1. The lowest BCUT2D eigenvalue weighted by atomic mass is 10.1. The summed E-state index contributed by atoms with van der Waals surface area (Å²) in [5.41, 5.74) is 2.47. The van der Waals surface area contributed by atoms with Crippen molar-refractivity contribution in [2.24, 2.45) is 0 Å². The molecule has 29 heavy (non-hydrogen) atoms. The zero-order chi connectivity index (χ0) is 20.0. The summed E-state index contributed by atoms with van der Waals surface area (Å²) >= 11 is 0. The summed E-state index contributed by atoms with van der Waals surface area (Å²) in [4.78, 5) is 4.37. The number of hydrogen-bond donors (Lipinski definition) is 2. The first-order valence-corrected chi connectivity index (χ1v) is 9.18. The molecule has 0 unspecified atom stereocenters. The Kier molecular flexibility index (Phi) is 4.13. The van der Waals surface area contributed by atoms with Gasteiger partial charge in [-0.15, -0.1) is 10.2 Å². The Hall–Kier alpha value is -3.53. The van der Waals surface area contributed by atoms with Crippen LogP contribution in [0, 0.1) is 5.82 Å². The van der Waals surface area contributed by atoms with Gasteiger partial charge in [0.2, 0.25) is 0 Å². The zero-order valence-corrected chi connectivity index (χ0v) is 15.5. The minimum Gasteiger partial charge on any atom is -0.508 e. The number of rotatable bonds is 5. The van der Waals surface area contributed by atoms with E-state index in [0.717, 1.165) is 0 Å². The molecule has 0 radical (unpaired) electrons. The van der Waals surface area contributed by atoms with E-state index in [1.54, 1.807) is 21.5 Å². The Bertz CT molecular complexity index is 1180. The first-order valence-electron chi connectivity index (χ1n) is 9.18. The highest BCUT2D eigenvalue weighted by atomic mass is 19.1. The van der Waals surface area contributed by atoms with Crippen LogP contribution in [-0.2, 0) is 4.74 Å². The Morgan fingerprint density at radius 3 is 2.93 bits per heavy atom. The van der Waals surface area contributed by atoms with Gasteiger partial charge in [0.1, 0.15) is 34.8 Å². The molecule has 4 heterocycles. The SMILES string of the molecule is C[C@@H](Nc1ccc2ncc(-c3cn(C4COC4)nn3)n2n1)c1cc(F)ccc1O. The van der Waals surface area contributed by atoms with Crippen molar-refractivity contribution < 1.29 is 14.2 Å². The van der Waals surface area contributed by atoms with Crippen LogP contribution in [-0.4, -0.2) is 47.9 Å². The van der Waals surface area contributed by atoms with Crippen molar-refractivity contribution in [3.63, 3.8) is 0 Å². The highest BCUT2D eigenvalue weighted by Gasteiger charge is 2.23. The molecule has 0 bridgehead atoms. The van der Waals surface area contributed by atoms with E-state index in [2.05, 4.69) is 25.7 Å². The molecule has 3 aromatic heterocycles. The first-order chi connectivity index (χ1) is 14.1. The number of phenolic OH excluding ortho intramolecular Hbond substituents is 1. The molecule has 1 saturated heterocycles. The van der Waals surface area contributed by atoms with Crippen LogP contribution in [0.1, 0.15) is 24.6 Å². The summed E-state index contributed by atoms with van der Waals surface area (Å²) in [6.07, 6.45) is 3.55. The minimum absolute atomic E-state index is 0.0207. The molecule has 9 nitrogen and oxygen atoms in total. The Balaban J connectivity index is 1.44. The molecular formula is C19H18FN7O2. The molecule has 0 aliphatic carbocycles. The smallest absolute Gasteiger partial charge is 0.154 e. The van der Waals surface area contributed by atoms with E-state index in [0.29, 0.717) is 41.6 Å². The zero-order valence-electron chi connectivity index (χ0n) is 15.5. The molecule has 0 spiro atoms. The minimum atomic E-state index is -0.410. The van der Waals surface area contributed by atoms with Gasteiger partial charge in [0.05, 0.1) is 31.6 Å². The van der Waals surface area contributed by atoms with Gasteiger partial charge in [-0.1, -0.05) is 5.21 Å². The van der Waals surface area contributed by atoms with Crippen LogP contribution in [0.3, 0.4) is 0 Å². The number of nitrogens with zero attached hydrogens (tertiary/aromatic N) is 6. The summed E-state index contributed by atoms with van der Waals surface area (Å²) < 4.78 is 22.2. The van der Waals surface area contributed by atoms with Gasteiger partial charge in [-0.25, -0.2) is 18.6 Å². The number of ether oxygens (including phenoxy) is 1. The van der Waals surface area contributed by atoms with Gasteiger partial charge in [-0.3, -0.25) is 0 Å². The van der Waals surface area contributed by atoms with Gasteiger partial charge >= 0.3 is 0 Å². The fourth-order valence-electron chi connectivity index (χ4n) is 3.25. The number of aromatic hydroxyl groups is 1. The van der Waals surface area contributed by atoms with Crippen LogP contribution in [0.4, 0.5) is 10.2 Å². The molecule has 1 fully saturated rings. The lowest BCUT2D eigenvalue weighted by Crippen LogP contribution is -2.30. The summed E-state index contributed by atoms with van der Waals surface area (Å²) in [5, 5.41) is 26.2. The van der Waals surface area contributed by atoms with Crippen molar-refractivity contribution in [2.75, 3.05) is 18.5 Å². The normalized spacial score (nSPS) is 15.4. The van der Waals surface area contributed by atoms with Crippen LogP contribution in [0.15, 0.2) is 42.7 Å². The highest BCUT2D eigenvalue weighted by Crippen LogP contribution is 2.28. The summed E-state index contributed by atoms with van der Waals surface area (Å²) in [7, 11) is 0. The second-order valence-corrected chi connectivity index (χ2v) is 6.98. The van der Waals surface area contributed by atoms with Gasteiger partial charge in [0.25, 0.3) is 0 Å². The Labute approximate surface area is 164 Å². The van der Waals surface area contributed by atoms with Crippen LogP contribution in [0.2, 0.25) is 0 Å². The maximum absolute atomic E-state index is 13.6. The van der Waals surface area contributed by atoms with Crippen molar-refractivity contribution in [1.82, 2.24) is 29.6 Å². The van der Waals surface area contributed by atoms with Crippen LogP contribution >= 0.6 is 0 Å². The lowest BCUT2D eigenvalue weighted by Gasteiger charge is -2.25. The largest absolute Gasteiger partial charge is 0.508 e. The molecule has 1 aliphatic rings. The molecule has 1 aliphatic heterocycles.